The summed E-state index contributed by atoms with van der Waals surface area (Å²) in [6, 6.07) is 18.9. The lowest BCUT2D eigenvalue weighted by Gasteiger charge is -2.25. The first-order valence-corrected chi connectivity index (χ1v) is 9.81. The third-order valence-electron chi connectivity index (χ3n) is 4.23. The van der Waals surface area contributed by atoms with Crippen molar-refractivity contribution in [3.05, 3.63) is 71.8 Å². The molecule has 0 aliphatic rings. The quantitative estimate of drug-likeness (QED) is 0.527. The molecule has 7 nitrogen and oxygen atoms in total. The van der Waals surface area contributed by atoms with Crippen molar-refractivity contribution in [1.82, 2.24) is 16.0 Å². The van der Waals surface area contributed by atoms with Crippen molar-refractivity contribution >= 4 is 12.2 Å². The van der Waals surface area contributed by atoms with E-state index in [1.165, 1.54) is 0 Å². The molecule has 0 saturated carbocycles. The van der Waals surface area contributed by atoms with Gasteiger partial charge in [0.1, 0.15) is 13.2 Å². The highest BCUT2D eigenvalue weighted by Gasteiger charge is 2.17. The van der Waals surface area contributed by atoms with E-state index in [0.29, 0.717) is 12.8 Å². The molecule has 2 aromatic carbocycles. The number of hydrogen-bond donors (Lipinski definition) is 3. The van der Waals surface area contributed by atoms with Gasteiger partial charge in [-0.15, -0.1) is 0 Å². The van der Waals surface area contributed by atoms with Gasteiger partial charge < -0.3 is 20.1 Å². The van der Waals surface area contributed by atoms with Crippen LogP contribution in [0.3, 0.4) is 0 Å². The molecule has 156 valence electrons. The van der Waals surface area contributed by atoms with E-state index in [0.717, 1.165) is 11.1 Å². The topological polar surface area (TPSA) is 88.7 Å². The van der Waals surface area contributed by atoms with Crippen LogP contribution in [0.25, 0.3) is 0 Å². The summed E-state index contributed by atoms with van der Waals surface area (Å²) in [6.07, 6.45) is -0.491. The molecule has 7 heteroatoms. The summed E-state index contributed by atoms with van der Waals surface area (Å²) in [5, 5.41) is 8.72. The summed E-state index contributed by atoms with van der Waals surface area (Å²) in [4.78, 5) is 24.1. The molecule has 2 amide bonds. The molecule has 0 spiro atoms. The second-order valence-corrected chi connectivity index (χ2v) is 6.50. The van der Waals surface area contributed by atoms with Crippen molar-refractivity contribution in [2.45, 2.75) is 52.2 Å². The lowest BCUT2D eigenvalue weighted by atomic mass is 10.2. The Morgan fingerprint density at radius 3 is 1.45 bits per heavy atom. The fraction of sp³-hybridized carbons (Fsp3) is 0.364. The molecular formula is C22H29N3O4. The number of rotatable bonds is 10. The van der Waals surface area contributed by atoms with Crippen molar-refractivity contribution in [2.24, 2.45) is 0 Å². The number of ether oxygens (including phenoxy) is 2. The van der Waals surface area contributed by atoms with Crippen LogP contribution in [0.2, 0.25) is 0 Å². The number of carbonyl (C=O) groups excluding carboxylic acids is 2. The van der Waals surface area contributed by atoms with E-state index in [-0.39, 0.29) is 25.5 Å². The van der Waals surface area contributed by atoms with E-state index in [4.69, 9.17) is 9.47 Å². The standard InChI is InChI=1S/C22H29N3O4/c1-3-19(24-21(26)28-15-17-11-7-5-8-12-17)23-20(4-2)25-22(27)29-16-18-13-9-6-10-14-18/h5-14,19-20,23H,3-4,15-16H2,1-2H3,(H,24,26)(H,25,27). The van der Waals surface area contributed by atoms with Gasteiger partial charge in [0.25, 0.3) is 0 Å². The van der Waals surface area contributed by atoms with Crippen molar-refractivity contribution < 1.29 is 19.1 Å². The van der Waals surface area contributed by atoms with Gasteiger partial charge in [0.2, 0.25) is 0 Å². The van der Waals surface area contributed by atoms with Crippen LogP contribution in [0.4, 0.5) is 9.59 Å². The second-order valence-electron chi connectivity index (χ2n) is 6.50. The third-order valence-corrected chi connectivity index (χ3v) is 4.23. The zero-order chi connectivity index (χ0) is 20.9. The molecule has 0 radical (unpaired) electrons. The number of benzene rings is 2. The van der Waals surface area contributed by atoms with Gasteiger partial charge in [-0.1, -0.05) is 74.5 Å². The van der Waals surface area contributed by atoms with Crippen molar-refractivity contribution in [3.8, 4) is 0 Å². The van der Waals surface area contributed by atoms with Gasteiger partial charge in [-0.05, 0) is 24.0 Å². The van der Waals surface area contributed by atoms with Gasteiger partial charge in [0.15, 0.2) is 0 Å². The number of nitrogens with one attached hydrogen (secondary N) is 3. The molecule has 0 saturated heterocycles. The largest absolute Gasteiger partial charge is 0.445 e. The zero-order valence-electron chi connectivity index (χ0n) is 16.9. The fourth-order valence-electron chi connectivity index (χ4n) is 2.58. The normalized spacial score (nSPS) is 12.5. The van der Waals surface area contributed by atoms with Crippen LogP contribution in [-0.2, 0) is 22.7 Å². The summed E-state index contributed by atoms with van der Waals surface area (Å²) in [5.74, 6) is 0. The first kappa shape index (κ1) is 22.2. The van der Waals surface area contributed by atoms with Gasteiger partial charge in [-0.25, -0.2) is 9.59 Å². The smallest absolute Gasteiger partial charge is 0.408 e. The first-order chi connectivity index (χ1) is 14.1. The van der Waals surface area contributed by atoms with Crippen molar-refractivity contribution in [2.75, 3.05) is 0 Å². The van der Waals surface area contributed by atoms with Crippen molar-refractivity contribution in [3.63, 3.8) is 0 Å². The minimum Gasteiger partial charge on any atom is -0.445 e. The Labute approximate surface area is 171 Å². The Kier molecular flexibility index (Phi) is 9.51. The zero-order valence-corrected chi connectivity index (χ0v) is 16.9. The maximum Gasteiger partial charge on any atom is 0.408 e. The van der Waals surface area contributed by atoms with Crippen LogP contribution in [0.15, 0.2) is 60.7 Å². The summed E-state index contributed by atoms with van der Waals surface area (Å²) >= 11 is 0. The van der Waals surface area contributed by atoms with Gasteiger partial charge in [-0.2, -0.15) is 0 Å². The average Bonchev–Trinajstić information content (AvgIpc) is 2.76. The Bertz CT molecular complexity index is 677. The number of carbonyl (C=O) groups is 2. The maximum atomic E-state index is 12.1. The Morgan fingerprint density at radius 1 is 0.724 bits per heavy atom. The molecule has 0 bridgehead atoms. The Balaban J connectivity index is 1.74. The van der Waals surface area contributed by atoms with Crippen molar-refractivity contribution in [1.29, 1.82) is 0 Å². The van der Waals surface area contributed by atoms with Gasteiger partial charge in [0.05, 0.1) is 12.3 Å². The molecule has 0 aliphatic heterocycles. The molecule has 29 heavy (non-hydrogen) atoms. The lowest BCUT2D eigenvalue weighted by molar-refractivity contribution is 0.125. The van der Waals surface area contributed by atoms with E-state index in [1.807, 2.05) is 74.5 Å². The summed E-state index contributed by atoms with van der Waals surface area (Å²) < 4.78 is 10.5. The number of amides is 2. The minimum atomic E-state index is -0.519. The SMILES string of the molecule is CCC(NC(=O)OCc1ccccc1)NC(CC)NC(=O)OCc1ccccc1. The van der Waals surface area contributed by atoms with E-state index in [1.54, 1.807) is 0 Å². The number of alkyl carbamates (subject to hydrolysis) is 2. The van der Waals surface area contributed by atoms with Crippen LogP contribution in [-0.4, -0.2) is 24.5 Å². The monoisotopic (exact) mass is 399 g/mol. The fourth-order valence-corrected chi connectivity index (χ4v) is 2.58. The maximum absolute atomic E-state index is 12.1. The van der Waals surface area contributed by atoms with Crippen LogP contribution < -0.4 is 16.0 Å². The Morgan fingerprint density at radius 2 is 1.10 bits per heavy atom. The molecule has 3 N–H and O–H groups in total. The molecule has 2 aromatic rings. The third kappa shape index (κ3) is 8.66. The molecule has 0 heterocycles. The average molecular weight is 399 g/mol. The molecule has 2 unspecified atom stereocenters. The molecule has 0 aromatic heterocycles. The predicted molar refractivity (Wildman–Crippen MR) is 111 cm³/mol. The highest BCUT2D eigenvalue weighted by molar-refractivity contribution is 5.68. The highest BCUT2D eigenvalue weighted by Crippen LogP contribution is 2.03. The van der Waals surface area contributed by atoms with Crippen LogP contribution in [0.5, 0.6) is 0 Å². The lowest BCUT2D eigenvalue weighted by Crippen LogP contribution is -2.55. The highest BCUT2D eigenvalue weighted by atomic mass is 16.6. The van der Waals surface area contributed by atoms with Gasteiger partial charge in [0, 0.05) is 0 Å². The Hall–Kier alpha value is -3.06. The summed E-state index contributed by atoms with van der Waals surface area (Å²) in [7, 11) is 0. The molecule has 0 aliphatic carbocycles. The van der Waals surface area contributed by atoms with E-state index < -0.39 is 12.2 Å². The summed E-state index contributed by atoms with van der Waals surface area (Å²) in [5.41, 5.74) is 1.83. The van der Waals surface area contributed by atoms with E-state index in [9.17, 15) is 9.59 Å². The van der Waals surface area contributed by atoms with Crippen LogP contribution >= 0.6 is 0 Å². The van der Waals surface area contributed by atoms with Crippen LogP contribution in [0.1, 0.15) is 37.8 Å². The predicted octanol–water partition coefficient (Wildman–Crippen LogP) is 3.90. The van der Waals surface area contributed by atoms with Crippen LogP contribution in [0, 0.1) is 0 Å². The molecule has 0 fully saturated rings. The summed E-state index contributed by atoms with van der Waals surface area (Å²) in [6.45, 7) is 4.25. The first-order valence-electron chi connectivity index (χ1n) is 9.81. The van der Waals surface area contributed by atoms with E-state index >= 15 is 0 Å². The van der Waals surface area contributed by atoms with Gasteiger partial charge in [-0.3, -0.25) is 5.32 Å². The minimum absolute atomic E-state index is 0.199. The molecular weight excluding hydrogens is 370 g/mol. The number of hydrogen-bond acceptors (Lipinski definition) is 5. The second kappa shape index (κ2) is 12.4. The van der Waals surface area contributed by atoms with Gasteiger partial charge >= 0.3 is 12.2 Å². The molecule has 2 rings (SSSR count). The molecule has 2 atom stereocenters. The van der Waals surface area contributed by atoms with E-state index in [2.05, 4.69) is 16.0 Å².